The van der Waals surface area contributed by atoms with E-state index in [0.29, 0.717) is 34.6 Å². The summed E-state index contributed by atoms with van der Waals surface area (Å²) < 4.78 is 0. The number of benzene rings is 5. The van der Waals surface area contributed by atoms with Crippen LogP contribution in [0.3, 0.4) is 0 Å². The van der Waals surface area contributed by atoms with Crippen molar-refractivity contribution < 1.29 is 14.4 Å². The lowest BCUT2D eigenvalue weighted by atomic mass is 9.76. The molecule has 3 heterocycles. The lowest BCUT2D eigenvalue weighted by molar-refractivity contribution is -0.127. The largest absolute Gasteiger partial charge is 0.350 e. The molecule has 3 amide bonds. The molecule has 40 heavy (non-hydrogen) atoms. The number of hydrogen-bond donors (Lipinski definition) is 1. The predicted molar refractivity (Wildman–Crippen MR) is 153 cm³/mol. The Morgan fingerprint density at radius 3 is 2.10 bits per heavy atom. The van der Waals surface area contributed by atoms with Gasteiger partial charge in [-0.05, 0) is 46.2 Å². The standard InChI is InChI=1S/C34H23N3O3/c38-31-25-15-7-6-14-24(25)30-34(33(40)35-20-21-10-2-1-3-11-21)27-17-9-8-16-26(27)32(39)37(34)29-19-23-13-5-4-12-22(23)18-28(29)36(30)31/h1-19,30H,20H2,(H,35,40). The Morgan fingerprint density at radius 2 is 1.32 bits per heavy atom. The summed E-state index contributed by atoms with van der Waals surface area (Å²) in [5, 5.41) is 5.02. The van der Waals surface area contributed by atoms with Crippen molar-refractivity contribution >= 4 is 39.9 Å². The molecule has 5 aromatic carbocycles. The maximum atomic E-state index is 14.8. The van der Waals surface area contributed by atoms with Gasteiger partial charge in [-0.1, -0.05) is 91.0 Å². The predicted octanol–water partition coefficient (Wildman–Crippen LogP) is 5.73. The minimum atomic E-state index is -1.50. The van der Waals surface area contributed by atoms with Crippen molar-refractivity contribution in [2.45, 2.75) is 18.1 Å². The molecule has 0 aliphatic carbocycles. The number of anilines is 2. The van der Waals surface area contributed by atoms with Crippen LogP contribution in [0, 0.1) is 0 Å². The maximum absolute atomic E-state index is 14.8. The van der Waals surface area contributed by atoms with E-state index in [2.05, 4.69) is 5.32 Å². The van der Waals surface area contributed by atoms with Crippen molar-refractivity contribution in [3.8, 4) is 0 Å². The zero-order chi connectivity index (χ0) is 27.0. The second kappa shape index (κ2) is 8.13. The molecule has 0 saturated heterocycles. The van der Waals surface area contributed by atoms with Crippen LogP contribution in [-0.2, 0) is 16.9 Å². The van der Waals surface area contributed by atoms with Crippen LogP contribution in [0.4, 0.5) is 11.4 Å². The number of carbonyl (C=O) groups excluding carboxylic acids is 3. The average molecular weight is 522 g/mol. The lowest BCUT2D eigenvalue weighted by Gasteiger charge is -2.50. The van der Waals surface area contributed by atoms with E-state index >= 15 is 0 Å². The van der Waals surface area contributed by atoms with Gasteiger partial charge in [-0.3, -0.25) is 24.2 Å². The number of amides is 3. The van der Waals surface area contributed by atoms with Gasteiger partial charge in [0.2, 0.25) is 0 Å². The average Bonchev–Trinajstić information content (AvgIpc) is 3.45. The van der Waals surface area contributed by atoms with Crippen molar-refractivity contribution in [2.24, 2.45) is 0 Å². The molecule has 5 aromatic rings. The molecule has 192 valence electrons. The third-order valence-electron chi connectivity index (χ3n) is 8.47. The highest BCUT2D eigenvalue weighted by molar-refractivity contribution is 6.25. The second-order valence-electron chi connectivity index (χ2n) is 10.5. The van der Waals surface area contributed by atoms with Gasteiger partial charge in [0.25, 0.3) is 17.7 Å². The second-order valence-corrected chi connectivity index (χ2v) is 10.5. The number of hydrogen-bond acceptors (Lipinski definition) is 3. The summed E-state index contributed by atoms with van der Waals surface area (Å²) >= 11 is 0. The van der Waals surface area contributed by atoms with Gasteiger partial charge < -0.3 is 5.32 Å². The molecule has 3 aliphatic rings. The summed E-state index contributed by atoms with van der Waals surface area (Å²) in [6.07, 6.45) is 0. The smallest absolute Gasteiger partial charge is 0.260 e. The summed E-state index contributed by atoms with van der Waals surface area (Å²) in [5.74, 6) is -0.754. The fourth-order valence-corrected chi connectivity index (χ4v) is 6.80. The zero-order valence-corrected chi connectivity index (χ0v) is 21.4. The van der Waals surface area contributed by atoms with Crippen LogP contribution in [0.5, 0.6) is 0 Å². The first-order valence-corrected chi connectivity index (χ1v) is 13.3. The minimum absolute atomic E-state index is 0.177. The highest BCUT2D eigenvalue weighted by Crippen LogP contribution is 2.61. The van der Waals surface area contributed by atoms with Crippen molar-refractivity contribution in [3.05, 3.63) is 143 Å². The van der Waals surface area contributed by atoms with E-state index in [1.165, 1.54) is 0 Å². The molecule has 0 spiro atoms. The minimum Gasteiger partial charge on any atom is -0.350 e. The Hall–Kier alpha value is -5.23. The molecule has 8 rings (SSSR count). The number of carbonyl (C=O) groups is 3. The van der Waals surface area contributed by atoms with Crippen LogP contribution < -0.4 is 15.1 Å². The zero-order valence-electron chi connectivity index (χ0n) is 21.4. The Morgan fingerprint density at radius 1 is 0.700 bits per heavy atom. The van der Waals surface area contributed by atoms with E-state index in [-0.39, 0.29) is 17.7 Å². The third-order valence-corrected chi connectivity index (χ3v) is 8.47. The molecule has 0 fully saturated rings. The number of fused-ring (bicyclic) bond motifs is 11. The molecule has 0 bridgehead atoms. The van der Waals surface area contributed by atoms with Crippen LogP contribution in [0.25, 0.3) is 10.8 Å². The molecular formula is C34H23N3O3. The Kier molecular flexibility index (Phi) is 4.62. The van der Waals surface area contributed by atoms with Crippen LogP contribution in [0.2, 0.25) is 0 Å². The van der Waals surface area contributed by atoms with Gasteiger partial charge in [-0.25, -0.2) is 0 Å². The molecule has 1 N–H and O–H groups in total. The van der Waals surface area contributed by atoms with Gasteiger partial charge in [0.15, 0.2) is 5.54 Å². The van der Waals surface area contributed by atoms with Crippen molar-refractivity contribution in [1.29, 1.82) is 0 Å². The lowest BCUT2D eigenvalue weighted by Crippen LogP contribution is -2.63. The first-order valence-electron chi connectivity index (χ1n) is 13.3. The summed E-state index contributed by atoms with van der Waals surface area (Å²) in [6, 6.07) is 35.4. The van der Waals surface area contributed by atoms with Crippen molar-refractivity contribution in [1.82, 2.24) is 5.32 Å². The topological polar surface area (TPSA) is 69.7 Å². The normalized spacial score (nSPS) is 20.1. The summed E-state index contributed by atoms with van der Waals surface area (Å²) in [7, 11) is 0. The summed E-state index contributed by atoms with van der Waals surface area (Å²) in [4.78, 5) is 46.6. The van der Waals surface area contributed by atoms with Gasteiger partial charge in [0.05, 0.1) is 11.4 Å². The van der Waals surface area contributed by atoms with Crippen molar-refractivity contribution in [2.75, 3.05) is 9.80 Å². The van der Waals surface area contributed by atoms with Gasteiger partial charge in [-0.2, -0.15) is 0 Å². The maximum Gasteiger partial charge on any atom is 0.260 e. The highest BCUT2D eigenvalue weighted by atomic mass is 16.2. The molecule has 6 nitrogen and oxygen atoms in total. The van der Waals surface area contributed by atoms with E-state index in [4.69, 9.17) is 0 Å². The van der Waals surface area contributed by atoms with Crippen LogP contribution >= 0.6 is 0 Å². The molecule has 2 unspecified atom stereocenters. The van der Waals surface area contributed by atoms with E-state index < -0.39 is 11.6 Å². The fraction of sp³-hybridized carbons (Fsp3) is 0.0882. The molecule has 0 radical (unpaired) electrons. The number of nitrogens with zero attached hydrogens (tertiary/aromatic N) is 2. The first kappa shape index (κ1) is 22.7. The van der Waals surface area contributed by atoms with Gasteiger partial charge >= 0.3 is 0 Å². The van der Waals surface area contributed by atoms with Gasteiger partial charge in [-0.15, -0.1) is 0 Å². The molecule has 6 heteroatoms. The first-order chi connectivity index (χ1) is 19.6. The summed E-state index contributed by atoms with van der Waals surface area (Å²) in [6.45, 7) is 0.290. The Bertz CT molecular complexity index is 1900. The van der Waals surface area contributed by atoms with E-state index in [9.17, 15) is 14.4 Å². The van der Waals surface area contributed by atoms with Crippen molar-refractivity contribution in [3.63, 3.8) is 0 Å². The number of rotatable bonds is 3. The van der Waals surface area contributed by atoms with E-state index in [1.807, 2.05) is 103 Å². The number of nitrogens with one attached hydrogen (secondary N) is 1. The third kappa shape index (κ3) is 2.80. The van der Waals surface area contributed by atoms with Gasteiger partial charge in [0.1, 0.15) is 6.04 Å². The van der Waals surface area contributed by atoms with E-state index in [1.54, 1.807) is 21.9 Å². The van der Waals surface area contributed by atoms with Crippen LogP contribution in [-0.4, -0.2) is 17.7 Å². The Balaban J connectivity index is 1.44. The highest BCUT2D eigenvalue weighted by Gasteiger charge is 2.67. The quantitative estimate of drug-likeness (QED) is 0.330. The van der Waals surface area contributed by atoms with E-state index in [0.717, 1.165) is 21.9 Å². The summed E-state index contributed by atoms with van der Waals surface area (Å²) in [5.41, 5.74) is 2.96. The van der Waals surface area contributed by atoms with Crippen LogP contribution in [0.1, 0.15) is 43.4 Å². The molecule has 0 aromatic heterocycles. The molecule has 2 atom stereocenters. The molecule has 0 saturated carbocycles. The SMILES string of the molecule is O=C1c2ccccc2C2N1c1cc3ccccc3cc1N1C(=O)c3ccccc3C21C(=O)NCc1ccccc1. The molecular weight excluding hydrogens is 498 g/mol. The Labute approximate surface area is 230 Å². The van der Waals surface area contributed by atoms with Crippen LogP contribution in [0.15, 0.2) is 115 Å². The van der Waals surface area contributed by atoms with Gasteiger partial charge in [0, 0.05) is 23.2 Å². The fourth-order valence-electron chi connectivity index (χ4n) is 6.80. The molecule has 3 aliphatic heterocycles. The monoisotopic (exact) mass is 521 g/mol.